The normalized spacial score (nSPS) is 11.2. The maximum atomic E-state index is 12.8. The van der Waals surface area contributed by atoms with E-state index in [0.29, 0.717) is 47.3 Å². The molecule has 0 radical (unpaired) electrons. The van der Waals surface area contributed by atoms with Crippen LogP contribution in [-0.2, 0) is 6.18 Å². The van der Waals surface area contributed by atoms with Crippen LogP contribution in [0, 0.1) is 43.5 Å². The topological polar surface area (TPSA) is 195 Å². The van der Waals surface area contributed by atoms with Crippen molar-refractivity contribution in [3.05, 3.63) is 74.2 Å². The summed E-state index contributed by atoms with van der Waals surface area (Å²) in [5, 5.41) is 73.6. The van der Waals surface area contributed by atoms with Crippen molar-refractivity contribution >= 4 is 33.7 Å². The molecule has 0 aliphatic rings. The van der Waals surface area contributed by atoms with Crippen LogP contribution < -0.4 is 34.3 Å². The van der Waals surface area contributed by atoms with Crippen LogP contribution in [0.2, 0.25) is 0 Å². The maximum absolute atomic E-state index is 12.8. The SMILES string of the molecule is CN(C)CCCNc1c(C#N)[n+]([O-])c2cc(C(F)(F)F)ccc2[n+]1[O-].COc1ccc2c(c1)[n+]([O-])c(C#N)c(NCCCN(C)C)[n+]2[O-]. The number of hydrogen-bond acceptors (Lipinski definition) is 11. The number of nitrogens with zero attached hydrogens (tertiary/aromatic N) is 8. The van der Waals surface area contributed by atoms with Crippen molar-refractivity contribution in [3.63, 3.8) is 0 Å². The van der Waals surface area contributed by atoms with Gasteiger partial charge in [-0.1, -0.05) is 0 Å². The first kappa shape index (κ1) is 36.9. The molecule has 4 rings (SSSR count). The Morgan fingerprint density at radius 3 is 1.54 bits per heavy atom. The van der Waals surface area contributed by atoms with Gasteiger partial charge in [-0.15, -0.1) is 9.46 Å². The number of hydrogen-bond donors (Lipinski definition) is 2. The molecule has 18 heteroatoms. The highest BCUT2D eigenvalue weighted by molar-refractivity contribution is 5.72. The number of aromatic nitrogens is 4. The van der Waals surface area contributed by atoms with Crippen molar-refractivity contribution in [3.8, 4) is 17.9 Å². The van der Waals surface area contributed by atoms with E-state index in [4.69, 9.17) is 10.00 Å². The fraction of sp³-hybridized carbons (Fsp3) is 0.400. The number of fused-ring (bicyclic) bond motifs is 2. The van der Waals surface area contributed by atoms with Crippen LogP contribution in [0.4, 0.5) is 24.8 Å². The summed E-state index contributed by atoms with van der Waals surface area (Å²) in [6.07, 6.45) is -3.25. The molecule has 48 heavy (non-hydrogen) atoms. The fourth-order valence-electron chi connectivity index (χ4n) is 4.58. The third-order valence-corrected chi connectivity index (χ3v) is 6.98. The van der Waals surface area contributed by atoms with E-state index in [1.54, 1.807) is 18.2 Å². The lowest BCUT2D eigenvalue weighted by Gasteiger charge is -2.15. The van der Waals surface area contributed by atoms with Crippen LogP contribution in [0.25, 0.3) is 22.1 Å². The number of benzene rings is 2. The predicted octanol–water partition coefficient (Wildman–Crippen LogP) is 1.71. The summed E-state index contributed by atoms with van der Waals surface area (Å²) in [6, 6.07) is 10.1. The quantitative estimate of drug-likeness (QED) is 0.134. The van der Waals surface area contributed by atoms with Gasteiger partial charge in [0.05, 0.1) is 31.8 Å². The van der Waals surface area contributed by atoms with Crippen LogP contribution >= 0.6 is 0 Å². The summed E-state index contributed by atoms with van der Waals surface area (Å²) in [6.45, 7) is 2.35. The average Bonchev–Trinajstić information content (AvgIpc) is 3.04. The predicted molar refractivity (Wildman–Crippen MR) is 168 cm³/mol. The first-order valence-corrected chi connectivity index (χ1v) is 14.5. The molecule has 2 aromatic heterocycles. The number of alkyl halides is 3. The molecule has 2 heterocycles. The Morgan fingerprint density at radius 2 is 1.15 bits per heavy atom. The molecule has 2 N–H and O–H groups in total. The minimum Gasteiger partial charge on any atom is -0.710 e. The van der Waals surface area contributed by atoms with Gasteiger partial charge in [0.1, 0.15) is 5.75 Å². The molecule has 0 aliphatic heterocycles. The Morgan fingerprint density at radius 1 is 0.708 bits per heavy atom. The van der Waals surface area contributed by atoms with E-state index >= 15 is 0 Å². The molecule has 0 spiro atoms. The lowest BCUT2D eigenvalue weighted by atomic mass is 10.2. The molecule has 0 saturated carbocycles. The van der Waals surface area contributed by atoms with E-state index in [0.717, 1.165) is 25.1 Å². The van der Waals surface area contributed by atoms with E-state index in [1.807, 2.05) is 38.0 Å². The number of methoxy groups -OCH3 is 1. The van der Waals surface area contributed by atoms with Gasteiger partial charge in [0.25, 0.3) is 11.0 Å². The first-order valence-electron chi connectivity index (χ1n) is 14.5. The number of anilines is 2. The van der Waals surface area contributed by atoms with Gasteiger partial charge in [-0.05, 0) is 65.3 Å². The second kappa shape index (κ2) is 15.8. The van der Waals surface area contributed by atoms with Gasteiger partial charge in [0.2, 0.25) is 11.0 Å². The second-order valence-corrected chi connectivity index (χ2v) is 11.0. The zero-order valence-corrected chi connectivity index (χ0v) is 27.0. The molecule has 0 unspecified atom stereocenters. The van der Waals surface area contributed by atoms with Crippen LogP contribution in [0.15, 0.2) is 36.4 Å². The molecule has 0 fully saturated rings. The summed E-state index contributed by atoms with van der Waals surface area (Å²) >= 11 is 0. The van der Waals surface area contributed by atoms with Gasteiger partial charge in [-0.2, -0.15) is 23.7 Å². The average molecular weight is 673 g/mol. The number of nitrogens with one attached hydrogen (secondary N) is 2. The third-order valence-electron chi connectivity index (χ3n) is 6.98. The largest absolute Gasteiger partial charge is 0.710 e. The Balaban J connectivity index is 0.000000261. The zero-order valence-electron chi connectivity index (χ0n) is 27.0. The van der Waals surface area contributed by atoms with Crippen molar-refractivity contribution < 1.29 is 36.8 Å². The minimum atomic E-state index is -4.66. The Bertz CT molecular complexity index is 1860. The number of rotatable bonds is 11. The Labute approximate surface area is 274 Å². The van der Waals surface area contributed by atoms with E-state index in [1.165, 1.54) is 19.2 Å². The standard InChI is InChI=1S/C15H16F3N5O2.C15H19N5O3/c1-21(2)7-3-6-20-14-13(9-19)22(24)12-8-10(15(16,17)18)4-5-11(12)23(14)25;1-18(2)8-4-7-17-15-14(10-16)19(21)13-9-11(23-3)5-6-12(13)20(15)22/h4-5,8,20H,3,6-7H2,1-2H3;5-6,9,17H,4,7-8H2,1-3H3. The summed E-state index contributed by atoms with van der Waals surface area (Å²) in [5.74, 6) is 0.139. The summed E-state index contributed by atoms with van der Waals surface area (Å²) in [4.78, 5) is 3.93. The maximum Gasteiger partial charge on any atom is 0.416 e. The van der Waals surface area contributed by atoms with E-state index in [9.17, 15) is 39.3 Å². The summed E-state index contributed by atoms with van der Waals surface area (Å²) in [5.41, 5.74) is -2.40. The Kier molecular flexibility index (Phi) is 12.1. The molecule has 4 aromatic rings. The zero-order chi connectivity index (χ0) is 35.8. The Hall–Kier alpha value is -5.59. The van der Waals surface area contributed by atoms with Crippen molar-refractivity contribution in [2.45, 2.75) is 19.0 Å². The lowest BCUT2D eigenvalue weighted by Crippen LogP contribution is -2.44. The second-order valence-electron chi connectivity index (χ2n) is 11.0. The van der Waals surface area contributed by atoms with Crippen molar-refractivity contribution in [1.82, 2.24) is 9.80 Å². The number of halogens is 3. The number of ether oxygens (including phenoxy) is 1. The third kappa shape index (κ3) is 8.41. The molecule has 0 amide bonds. The van der Waals surface area contributed by atoms with Gasteiger partial charge in [-0.3, -0.25) is 10.6 Å². The van der Waals surface area contributed by atoms with Crippen molar-refractivity contribution in [2.75, 3.05) is 72.1 Å². The molecule has 0 aliphatic carbocycles. The van der Waals surface area contributed by atoms with Crippen molar-refractivity contribution in [2.24, 2.45) is 0 Å². The van der Waals surface area contributed by atoms with E-state index < -0.39 is 23.0 Å². The van der Waals surface area contributed by atoms with Crippen LogP contribution in [-0.4, -0.2) is 71.3 Å². The highest BCUT2D eigenvalue weighted by atomic mass is 19.4. The molecule has 256 valence electrons. The van der Waals surface area contributed by atoms with E-state index in [-0.39, 0.29) is 43.3 Å². The number of nitriles is 2. The summed E-state index contributed by atoms with van der Waals surface area (Å²) < 4.78 is 44.8. The van der Waals surface area contributed by atoms with Gasteiger partial charge in [-0.25, -0.2) is 9.46 Å². The smallest absolute Gasteiger partial charge is 0.416 e. The van der Waals surface area contributed by atoms with Gasteiger partial charge in [0.15, 0.2) is 12.1 Å². The highest BCUT2D eigenvalue weighted by Crippen LogP contribution is 2.30. The molecule has 0 saturated heterocycles. The van der Waals surface area contributed by atoms with E-state index in [2.05, 4.69) is 10.6 Å². The van der Waals surface area contributed by atoms with Gasteiger partial charge in [0, 0.05) is 19.2 Å². The molecule has 0 atom stereocenters. The lowest BCUT2D eigenvalue weighted by molar-refractivity contribution is -0.620. The van der Waals surface area contributed by atoms with Crippen molar-refractivity contribution in [1.29, 1.82) is 10.5 Å². The van der Waals surface area contributed by atoms with Gasteiger partial charge >= 0.3 is 29.2 Å². The molecule has 15 nitrogen and oxygen atoms in total. The van der Waals surface area contributed by atoms with Gasteiger partial charge < -0.3 is 35.4 Å². The molecular weight excluding hydrogens is 637 g/mol. The monoisotopic (exact) mass is 672 g/mol. The fourth-order valence-corrected chi connectivity index (χ4v) is 4.58. The first-order chi connectivity index (χ1) is 22.7. The summed E-state index contributed by atoms with van der Waals surface area (Å²) in [7, 11) is 9.10. The molecular formula is C30H35F3N10O5. The minimum absolute atomic E-state index is 0.0288. The van der Waals surface area contributed by atoms with Crippen LogP contribution in [0.3, 0.4) is 0 Å². The van der Waals surface area contributed by atoms with Crippen LogP contribution in [0.5, 0.6) is 5.75 Å². The van der Waals surface area contributed by atoms with Crippen LogP contribution in [0.1, 0.15) is 29.8 Å². The molecule has 0 bridgehead atoms. The highest BCUT2D eigenvalue weighted by Gasteiger charge is 2.34. The molecule has 2 aromatic carbocycles.